The molecule has 12 heteroatoms. The van der Waals surface area contributed by atoms with E-state index < -0.39 is 17.8 Å². The lowest BCUT2D eigenvalue weighted by Crippen LogP contribution is -2.47. The van der Waals surface area contributed by atoms with E-state index in [1.165, 1.54) is 0 Å². The number of anilines is 5. The number of nitrogens with one attached hydrogen (secondary N) is 2. The van der Waals surface area contributed by atoms with Crippen molar-refractivity contribution in [2.75, 3.05) is 52.3 Å². The summed E-state index contributed by atoms with van der Waals surface area (Å²) in [6.07, 6.45) is -4.59. The van der Waals surface area contributed by atoms with Gasteiger partial charge in [-0.3, -0.25) is 0 Å². The Morgan fingerprint density at radius 1 is 0.882 bits per heavy atom. The molecule has 1 aliphatic rings. The molecule has 0 saturated carbocycles. The van der Waals surface area contributed by atoms with Crippen LogP contribution in [0.25, 0.3) is 0 Å². The molecular weight excluding hydrogens is 471 g/mol. The maximum absolute atomic E-state index is 13.0. The average Bonchev–Trinajstić information content (AvgIpc) is 2.80. The Labute approximate surface area is 198 Å². The quantitative estimate of drug-likeness (QED) is 0.489. The Bertz CT molecular complexity index is 1150. The van der Waals surface area contributed by atoms with E-state index in [-0.39, 0.29) is 11.8 Å². The summed E-state index contributed by atoms with van der Waals surface area (Å²) in [5.41, 5.74) is 6.59. The van der Waals surface area contributed by atoms with Crippen molar-refractivity contribution >= 4 is 46.5 Å². The standard InChI is InChI=1S/C22H21ClF3N7O/c23-14-1-3-15(4-2-14)28-21(34)29-16-5-7-17(8-6-16)32-9-11-33(12-10-32)19-13-18(22(24,25)26)30-20(27)31-19/h1-8,13H,9-12H2,(H2,27,30,31)(H2,28,29,34). The molecule has 1 saturated heterocycles. The monoisotopic (exact) mass is 491 g/mol. The molecule has 0 bridgehead atoms. The number of carbonyl (C=O) groups excluding carboxylic acids is 1. The number of nitrogen functional groups attached to an aromatic ring is 1. The van der Waals surface area contributed by atoms with Crippen molar-refractivity contribution in [3.8, 4) is 0 Å². The van der Waals surface area contributed by atoms with Crippen molar-refractivity contribution in [1.82, 2.24) is 9.97 Å². The summed E-state index contributed by atoms with van der Waals surface area (Å²) in [5.74, 6) is -0.249. The third-order valence-electron chi connectivity index (χ3n) is 5.22. The number of halogens is 4. The minimum atomic E-state index is -4.59. The number of rotatable bonds is 4. The summed E-state index contributed by atoms with van der Waals surface area (Å²) >= 11 is 5.84. The Balaban J connectivity index is 1.33. The first-order valence-corrected chi connectivity index (χ1v) is 10.7. The molecule has 0 unspecified atom stereocenters. The molecule has 2 amide bonds. The maximum atomic E-state index is 13.0. The van der Waals surface area contributed by atoms with Crippen LogP contribution in [0.5, 0.6) is 0 Å². The van der Waals surface area contributed by atoms with Crippen molar-refractivity contribution in [2.24, 2.45) is 0 Å². The first-order valence-electron chi connectivity index (χ1n) is 10.3. The van der Waals surface area contributed by atoms with Crippen LogP contribution in [0.4, 0.5) is 46.8 Å². The number of urea groups is 1. The summed E-state index contributed by atoms with van der Waals surface area (Å²) in [5, 5.41) is 6.06. The highest BCUT2D eigenvalue weighted by Crippen LogP contribution is 2.30. The van der Waals surface area contributed by atoms with E-state index in [9.17, 15) is 18.0 Å². The van der Waals surface area contributed by atoms with Gasteiger partial charge in [0.1, 0.15) is 5.82 Å². The van der Waals surface area contributed by atoms with Gasteiger partial charge in [0.15, 0.2) is 5.69 Å². The van der Waals surface area contributed by atoms with Crippen molar-refractivity contribution in [2.45, 2.75) is 6.18 Å². The van der Waals surface area contributed by atoms with Gasteiger partial charge >= 0.3 is 12.2 Å². The van der Waals surface area contributed by atoms with Crippen molar-refractivity contribution < 1.29 is 18.0 Å². The van der Waals surface area contributed by atoms with Gasteiger partial charge in [0.25, 0.3) is 0 Å². The third kappa shape index (κ3) is 5.79. The second-order valence-corrected chi connectivity index (χ2v) is 8.01. The van der Waals surface area contributed by atoms with E-state index in [2.05, 4.69) is 25.5 Å². The third-order valence-corrected chi connectivity index (χ3v) is 5.47. The molecule has 0 aliphatic carbocycles. The van der Waals surface area contributed by atoms with E-state index >= 15 is 0 Å². The molecule has 1 fully saturated rings. The summed E-state index contributed by atoms with van der Waals surface area (Å²) in [6, 6.07) is 14.6. The number of piperazine rings is 1. The molecule has 2 aromatic carbocycles. The molecule has 4 N–H and O–H groups in total. The van der Waals surface area contributed by atoms with E-state index in [4.69, 9.17) is 17.3 Å². The summed E-state index contributed by atoms with van der Waals surface area (Å²) in [6.45, 7) is 2.10. The number of nitrogens with zero attached hydrogens (tertiary/aromatic N) is 4. The van der Waals surface area contributed by atoms with Crippen LogP contribution < -0.4 is 26.2 Å². The van der Waals surface area contributed by atoms with Gasteiger partial charge in [0.2, 0.25) is 5.95 Å². The summed E-state index contributed by atoms with van der Waals surface area (Å²) in [7, 11) is 0. The second-order valence-electron chi connectivity index (χ2n) is 7.57. The summed E-state index contributed by atoms with van der Waals surface area (Å²) in [4.78, 5) is 23.3. The smallest absolute Gasteiger partial charge is 0.368 e. The van der Waals surface area contributed by atoms with Crippen LogP contribution in [0.15, 0.2) is 54.6 Å². The van der Waals surface area contributed by atoms with E-state index in [0.29, 0.717) is 42.6 Å². The zero-order valence-corrected chi connectivity index (χ0v) is 18.6. The van der Waals surface area contributed by atoms with Gasteiger partial charge in [-0.05, 0) is 48.5 Å². The zero-order valence-electron chi connectivity index (χ0n) is 17.8. The highest BCUT2D eigenvalue weighted by molar-refractivity contribution is 6.30. The topological polar surface area (TPSA) is 99.4 Å². The minimum absolute atomic E-state index is 0.158. The first kappa shape index (κ1) is 23.4. The lowest BCUT2D eigenvalue weighted by atomic mass is 10.2. The van der Waals surface area contributed by atoms with Crippen LogP contribution in [0.1, 0.15) is 5.69 Å². The number of carbonyl (C=O) groups is 1. The Morgan fingerprint density at radius 2 is 1.41 bits per heavy atom. The minimum Gasteiger partial charge on any atom is -0.368 e. The van der Waals surface area contributed by atoms with Crippen LogP contribution >= 0.6 is 11.6 Å². The molecule has 3 aromatic rings. The van der Waals surface area contributed by atoms with Crippen LogP contribution in [-0.2, 0) is 6.18 Å². The predicted molar refractivity (Wildman–Crippen MR) is 126 cm³/mol. The zero-order chi connectivity index (χ0) is 24.3. The lowest BCUT2D eigenvalue weighted by Gasteiger charge is -2.37. The summed E-state index contributed by atoms with van der Waals surface area (Å²) < 4.78 is 39.1. The molecule has 8 nitrogen and oxygen atoms in total. The van der Waals surface area contributed by atoms with Crippen molar-refractivity contribution in [3.05, 3.63) is 65.3 Å². The fourth-order valence-corrected chi connectivity index (χ4v) is 3.66. The molecule has 1 aromatic heterocycles. The molecule has 34 heavy (non-hydrogen) atoms. The van der Waals surface area contributed by atoms with Crippen LogP contribution in [0.2, 0.25) is 5.02 Å². The van der Waals surface area contributed by atoms with Gasteiger partial charge in [-0.15, -0.1) is 0 Å². The second kappa shape index (κ2) is 9.64. The maximum Gasteiger partial charge on any atom is 0.433 e. The number of alkyl halides is 3. The van der Waals surface area contributed by atoms with Crippen molar-refractivity contribution in [1.29, 1.82) is 0 Å². The Morgan fingerprint density at radius 3 is 1.97 bits per heavy atom. The van der Waals surface area contributed by atoms with Gasteiger partial charge in [0, 0.05) is 54.3 Å². The van der Waals surface area contributed by atoms with Crippen LogP contribution in [-0.4, -0.2) is 42.2 Å². The van der Waals surface area contributed by atoms with Gasteiger partial charge in [-0.25, -0.2) is 9.78 Å². The number of amides is 2. The number of aromatic nitrogens is 2. The van der Waals surface area contributed by atoms with E-state index in [0.717, 1.165) is 11.8 Å². The molecular formula is C22H21ClF3N7O. The first-order chi connectivity index (χ1) is 16.2. The number of benzene rings is 2. The van der Waals surface area contributed by atoms with Crippen molar-refractivity contribution in [3.63, 3.8) is 0 Å². The van der Waals surface area contributed by atoms with Gasteiger partial charge < -0.3 is 26.2 Å². The molecule has 178 valence electrons. The molecule has 4 rings (SSSR count). The predicted octanol–water partition coefficient (Wildman–Crippen LogP) is 4.70. The van der Waals surface area contributed by atoms with E-state index in [1.807, 2.05) is 12.1 Å². The fraction of sp³-hybridized carbons (Fsp3) is 0.227. The molecule has 0 radical (unpaired) electrons. The molecule has 0 atom stereocenters. The number of nitrogens with two attached hydrogens (primary N) is 1. The highest BCUT2D eigenvalue weighted by atomic mass is 35.5. The van der Waals surface area contributed by atoms with Gasteiger partial charge in [0.05, 0.1) is 0 Å². The Kier molecular flexibility index (Phi) is 6.64. The largest absolute Gasteiger partial charge is 0.433 e. The fourth-order valence-electron chi connectivity index (χ4n) is 3.54. The van der Waals surface area contributed by atoms with Gasteiger partial charge in [-0.1, -0.05) is 11.6 Å². The lowest BCUT2D eigenvalue weighted by molar-refractivity contribution is -0.141. The highest BCUT2D eigenvalue weighted by Gasteiger charge is 2.34. The molecule has 2 heterocycles. The molecule has 1 aliphatic heterocycles. The van der Waals surface area contributed by atoms with Gasteiger partial charge in [-0.2, -0.15) is 18.2 Å². The number of hydrogen-bond acceptors (Lipinski definition) is 6. The van der Waals surface area contributed by atoms with Crippen LogP contribution in [0.3, 0.4) is 0 Å². The Hall–Kier alpha value is -3.73. The molecule has 0 spiro atoms. The van der Waals surface area contributed by atoms with Crippen LogP contribution in [0, 0.1) is 0 Å². The van der Waals surface area contributed by atoms with E-state index in [1.54, 1.807) is 41.3 Å². The number of hydrogen-bond donors (Lipinski definition) is 3. The normalized spacial score (nSPS) is 14.1. The SMILES string of the molecule is Nc1nc(N2CCN(c3ccc(NC(=O)Nc4ccc(Cl)cc4)cc3)CC2)cc(C(F)(F)F)n1. The average molecular weight is 492 g/mol.